The molecule has 1 aromatic rings. The van der Waals surface area contributed by atoms with Gasteiger partial charge in [-0.3, -0.25) is 4.98 Å². The molecule has 0 amide bonds. The Balaban J connectivity index is 0. The van der Waals surface area contributed by atoms with E-state index >= 15 is 0 Å². The molecule has 0 fully saturated rings. The lowest BCUT2D eigenvalue weighted by atomic mass is 10.2. The Labute approximate surface area is 101 Å². The maximum Gasteiger partial charge on any atom is 0.275 e. The molecule has 0 spiro atoms. The Hall–Kier alpha value is -0.230. The van der Waals surface area contributed by atoms with Crippen molar-refractivity contribution in [3.8, 4) is 0 Å². The minimum absolute atomic E-state index is 0. The lowest BCUT2D eigenvalue weighted by molar-refractivity contribution is 0.0473. The van der Waals surface area contributed by atoms with Crippen molar-refractivity contribution >= 4 is 35.6 Å². The first-order valence-corrected chi connectivity index (χ1v) is 4.01. The number of alkyl halides is 3. The van der Waals surface area contributed by atoms with E-state index in [0.29, 0.717) is 0 Å². The molecule has 8 heteroatoms. The van der Waals surface area contributed by atoms with Gasteiger partial charge in [0.2, 0.25) is 6.17 Å². The second-order valence-electron chi connectivity index (χ2n) is 2.26. The van der Waals surface area contributed by atoms with Crippen molar-refractivity contribution in [2.24, 2.45) is 0 Å². The molecule has 1 atom stereocenters. The second-order valence-corrected chi connectivity index (χ2v) is 3.10. The topological polar surface area (TPSA) is 47.9 Å². The van der Waals surface area contributed by atoms with E-state index in [-0.39, 0.29) is 28.6 Å². The van der Waals surface area contributed by atoms with E-state index in [1.165, 1.54) is 6.07 Å². The van der Waals surface area contributed by atoms with Crippen LogP contribution in [0.5, 0.6) is 0 Å². The fraction of sp³-hybridized carbons (Fsp3) is 0.286. The maximum atomic E-state index is 12.7. The zero-order chi connectivity index (χ0) is 10.0. The summed E-state index contributed by atoms with van der Waals surface area (Å²) in [6, 6.07) is 1.17. The summed E-state index contributed by atoms with van der Waals surface area (Å²) in [5, 5.41) is -0.0180. The van der Waals surface area contributed by atoms with Crippen LogP contribution in [0.1, 0.15) is 11.9 Å². The molecule has 0 unspecified atom stereocenters. The van der Waals surface area contributed by atoms with Crippen LogP contribution in [0.15, 0.2) is 12.3 Å². The van der Waals surface area contributed by atoms with E-state index in [4.69, 9.17) is 23.2 Å². The molecule has 0 aliphatic carbocycles. The molecule has 2 nitrogen and oxygen atoms in total. The predicted molar refractivity (Wildman–Crippen MR) is 56.4 cm³/mol. The summed E-state index contributed by atoms with van der Waals surface area (Å²) in [6.45, 7) is 0. The van der Waals surface area contributed by atoms with E-state index in [0.717, 1.165) is 6.20 Å². The highest BCUT2D eigenvalue weighted by Crippen LogP contribution is 2.29. The highest BCUT2D eigenvalue weighted by Gasteiger charge is 2.25. The van der Waals surface area contributed by atoms with Crippen LogP contribution in [0.4, 0.5) is 13.2 Å². The summed E-state index contributed by atoms with van der Waals surface area (Å²) in [5.41, 5.74) is -0.485. The lowest BCUT2D eigenvalue weighted by Crippen LogP contribution is -2.05. The molecule has 0 radical (unpaired) electrons. The molecular formula is C7H8Cl3F3N2. The Bertz CT molecular complexity index is 312. The molecule has 1 heterocycles. The number of hydrogen-bond acceptors (Lipinski definition) is 2. The average molecular weight is 284 g/mol. The normalized spacial score (nSPS) is 11.6. The first-order valence-electron chi connectivity index (χ1n) is 3.25. The largest absolute Gasteiger partial charge is 0.344 e. The van der Waals surface area contributed by atoms with Gasteiger partial charge in [0, 0.05) is 6.20 Å². The Morgan fingerprint density at radius 1 is 1.20 bits per heavy atom. The molecule has 15 heavy (non-hydrogen) atoms. The van der Waals surface area contributed by atoms with E-state index in [1.807, 2.05) is 0 Å². The van der Waals surface area contributed by atoms with Crippen molar-refractivity contribution in [1.29, 1.82) is 0 Å². The SMILES string of the molecule is Cl.FC(F)[C@H](F)c1ncc(Cl)cc1Cl.N. The van der Waals surface area contributed by atoms with Crippen molar-refractivity contribution in [1.82, 2.24) is 11.1 Å². The molecule has 0 aliphatic heterocycles. The number of hydrogen-bond donors (Lipinski definition) is 1. The fourth-order valence-corrected chi connectivity index (χ4v) is 1.23. The molecule has 0 aliphatic rings. The maximum absolute atomic E-state index is 12.7. The number of rotatable bonds is 2. The first-order chi connectivity index (χ1) is 6.02. The molecule has 1 rings (SSSR count). The van der Waals surface area contributed by atoms with E-state index in [9.17, 15) is 13.2 Å². The molecule has 88 valence electrons. The summed E-state index contributed by atoms with van der Waals surface area (Å²) in [5.74, 6) is 0. The number of aromatic nitrogens is 1. The average Bonchev–Trinajstić information content (AvgIpc) is 2.03. The standard InChI is InChI=1S/C7H4Cl2F3N.ClH.H3N/c8-3-1-4(9)6(13-2-3)5(10)7(11)12;;/h1-2,5,7H;1H;1H3/t5-;;/m1../s1. The zero-order valence-electron chi connectivity index (χ0n) is 7.26. The first kappa shape index (κ1) is 17.2. The smallest absolute Gasteiger partial charge is 0.275 e. The highest BCUT2D eigenvalue weighted by atomic mass is 35.5. The number of nitrogens with zero attached hydrogens (tertiary/aromatic N) is 1. The van der Waals surface area contributed by atoms with Crippen LogP contribution in [0.25, 0.3) is 0 Å². The number of pyridine rings is 1. The zero-order valence-corrected chi connectivity index (χ0v) is 9.59. The molecule has 1 aromatic heterocycles. The van der Waals surface area contributed by atoms with Gasteiger partial charge in [-0.05, 0) is 6.07 Å². The Kier molecular flexibility index (Phi) is 8.14. The monoisotopic (exact) mass is 282 g/mol. The summed E-state index contributed by atoms with van der Waals surface area (Å²) in [6.07, 6.45) is -4.53. The van der Waals surface area contributed by atoms with Gasteiger partial charge in [-0.25, -0.2) is 13.2 Å². The van der Waals surface area contributed by atoms with Crippen LogP contribution in [-0.4, -0.2) is 11.4 Å². The third kappa shape index (κ3) is 4.42. The van der Waals surface area contributed by atoms with Gasteiger partial charge in [0.15, 0.2) is 0 Å². The minimum atomic E-state index is -3.13. The van der Waals surface area contributed by atoms with Gasteiger partial charge in [0.25, 0.3) is 6.43 Å². The van der Waals surface area contributed by atoms with Crippen LogP contribution in [0.3, 0.4) is 0 Å². The molecule has 0 aromatic carbocycles. The van der Waals surface area contributed by atoms with Gasteiger partial charge in [-0.1, -0.05) is 23.2 Å². The van der Waals surface area contributed by atoms with Crippen LogP contribution in [0.2, 0.25) is 10.0 Å². The van der Waals surface area contributed by atoms with Crippen molar-refractivity contribution in [2.45, 2.75) is 12.6 Å². The van der Waals surface area contributed by atoms with E-state index in [1.54, 1.807) is 0 Å². The van der Waals surface area contributed by atoms with Crippen molar-refractivity contribution in [3.05, 3.63) is 28.0 Å². The minimum Gasteiger partial charge on any atom is -0.344 e. The molecule has 0 saturated carbocycles. The molecule has 0 saturated heterocycles. The van der Waals surface area contributed by atoms with E-state index < -0.39 is 18.3 Å². The van der Waals surface area contributed by atoms with Crippen LogP contribution in [0, 0.1) is 0 Å². The third-order valence-corrected chi connectivity index (χ3v) is 1.83. The van der Waals surface area contributed by atoms with Gasteiger partial charge in [0.05, 0.1) is 15.7 Å². The second kappa shape index (κ2) is 7.11. The van der Waals surface area contributed by atoms with Crippen LogP contribution in [-0.2, 0) is 0 Å². The van der Waals surface area contributed by atoms with Gasteiger partial charge >= 0.3 is 0 Å². The van der Waals surface area contributed by atoms with Crippen molar-refractivity contribution in [2.75, 3.05) is 0 Å². The summed E-state index contributed by atoms with van der Waals surface area (Å²) >= 11 is 10.9. The van der Waals surface area contributed by atoms with Crippen molar-refractivity contribution in [3.63, 3.8) is 0 Å². The predicted octanol–water partition coefficient (Wildman–Crippen LogP) is 4.25. The molecule has 3 N–H and O–H groups in total. The van der Waals surface area contributed by atoms with E-state index in [2.05, 4.69) is 4.98 Å². The van der Waals surface area contributed by atoms with Crippen molar-refractivity contribution < 1.29 is 13.2 Å². The molecular weight excluding hydrogens is 275 g/mol. The van der Waals surface area contributed by atoms with Gasteiger partial charge in [0.1, 0.15) is 0 Å². The third-order valence-electron chi connectivity index (χ3n) is 1.32. The quantitative estimate of drug-likeness (QED) is 0.882. The summed E-state index contributed by atoms with van der Waals surface area (Å²) in [4.78, 5) is 3.38. The Morgan fingerprint density at radius 3 is 2.13 bits per heavy atom. The highest BCUT2D eigenvalue weighted by molar-refractivity contribution is 6.34. The van der Waals surface area contributed by atoms with Gasteiger partial charge in [-0.2, -0.15) is 0 Å². The van der Waals surface area contributed by atoms with Gasteiger partial charge in [-0.15, -0.1) is 12.4 Å². The van der Waals surface area contributed by atoms with Crippen LogP contribution >= 0.6 is 35.6 Å². The summed E-state index contributed by atoms with van der Waals surface area (Å²) < 4.78 is 36.5. The number of halogens is 6. The lowest BCUT2D eigenvalue weighted by Gasteiger charge is -2.07. The summed E-state index contributed by atoms with van der Waals surface area (Å²) in [7, 11) is 0. The molecule has 0 bridgehead atoms. The Morgan fingerprint density at radius 2 is 1.73 bits per heavy atom. The van der Waals surface area contributed by atoms with Gasteiger partial charge < -0.3 is 6.15 Å². The fourth-order valence-electron chi connectivity index (χ4n) is 0.747. The van der Waals surface area contributed by atoms with Crippen LogP contribution < -0.4 is 6.15 Å².